The zero-order valence-corrected chi connectivity index (χ0v) is 14.8. The normalized spacial score (nSPS) is 10.6. The van der Waals surface area contributed by atoms with Crippen molar-refractivity contribution in [3.63, 3.8) is 0 Å². The highest BCUT2D eigenvalue weighted by Gasteiger charge is 2.08. The molecule has 2 aromatic rings. The molecule has 0 aliphatic heterocycles. The third-order valence-electron chi connectivity index (χ3n) is 3.08. The van der Waals surface area contributed by atoms with Gasteiger partial charge in [0.25, 0.3) is 5.91 Å². The Morgan fingerprint density at radius 3 is 2.75 bits per heavy atom. The number of nitrogens with zero attached hydrogens (tertiary/aromatic N) is 1. The molecule has 0 spiro atoms. The molecule has 0 saturated carbocycles. The Hall–Kier alpha value is -2.54. The van der Waals surface area contributed by atoms with Crippen molar-refractivity contribution in [1.82, 2.24) is 5.43 Å². The lowest BCUT2D eigenvalue weighted by Crippen LogP contribution is -2.17. The lowest BCUT2D eigenvalue weighted by atomic mass is 10.2. The average molecular weight is 393 g/mol. The number of hydrazone groups is 1. The maximum Gasteiger partial charge on any atom is 0.271 e. The van der Waals surface area contributed by atoms with Crippen LogP contribution in [0.4, 0.5) is 0 Å². The summed E-state index contributed by atoms with van der Waals surface area (Å²) < 4.78 is 11.1. The van der Waals surface area contributed by atoms with E-state index < -0.39 is 0 Å². The van der Waals surface area contributed by atoms with E-state index in [1.165, 1.54) is 12.3 Å². The number of carbonyl (C=O) groups excluding carboxylic acids is 1. The van der Waals surface area contributed by atoms with Gasteiger partial charge in [0.1, 0.15) is 5.75 Å². The zero-order valence-electron chi connectivity index (χ0n) is 13.2. The summed E-state index contributed by atoms with van der Waals surface area (Å²) in [5.74, 6) is 0.717. The fraction of sp³-hybridized carbons (Fsp3) is 0.176. The van der Waals surface area contributed by atoms with Crippen molar-refractivity contribution in [2.75, 3.05) is 13.7 Å². The van der Waals surface area contributed by atoms with Gasteiger partial charge in [-0.15, -0.1) is 0 Å². The highest BCUT2D eigenvalue weighted by Crippen LogP contribution is 2.26. The summed E-state index contributed by atoms with van der Waals surface area (Å²) in [6.07, 6.45) is 1.47. The van der Waals surface area contributed by atoms with E-state index in [2.05, 4.69) is 26.5 Å². The number of hydrogen-bond acceptors (Lipinski definition) is 5. The molecule has 2 rings (SSSR count). The maximum atomic E-state index is 12.1. The molecule has 0 aliphatic carbocycles. The molecule has 0 fully saturated rings. The van der Waals surface area contributed by atoms with E-state index in [0.717, 1.165) is 0 Å². The van der Waals surface area contributed by atoms with Crippen LogP contribution in [0.1, 0.15) is 22.8 Å². The standard InChI is InChI=1S/C17H17BrN2O4/c1-3-24-16-8-11(4-6-14(16)21)10-19-20-17(22)12-5-7-15(23-2)13(18)9-12/h4-10,21H,3H2,1-2H3,(H,20,22). The summed E-state index contributed by atoms with van der Waals surface area (Å²) >= 11 is 3.33. The van der Waals surface area contributed by atoms with Gasteiger partial charge in [-0.3, -0.25) is 4.79 Å². The van der Waals surface area contributed by atoms with E-state index in [4.69, 9.17) is 9.47 Å². The molecule has 0 aliphatic rings. The molecule has 2 aromatic carbocycles. The molecule has 0 atom stereocenters. The number of benzene rings is 2. The second kappa shape index (κ2) is 8.35. The van der Waals surface area contributed by atoms with Gasteiger partial charge in [0, 0.05) is 5.56 Å². The lowest BCUT2D eigenvalue weighted by Gasteiger charge is -2.06. The molecule has 0 saturated heterocycles. The van der Waals surface area contributed by atoms with Crippen LogP contribution in [0.5, 0.6) is 17.2 Å². The summed E-state index contributed by atoms with van der Waals surface area (Å²) in [6.45, 7) is 2.27. The summed E-state index contributed by atoms with van der Waals surface area (Å²) in [4.78, 5) is 12.1. The van der Waals surface area contributed by atoms with Crippen LogP contribution < -0.4 is 14.9 Å². The molecule has 7 heteroatoms. The van der Waals surface area contributed by atoms with Crippen molar-refractivity contribution in [1.29, 1.82) is 0 Å². The van der Waals surface area contributed by atoms with Crippen molar-refractivity contribution >= 4 is 28.1 Å². The Bertz CT molecular complexity index is 762. The lowest BCUT2D eigenvalue weighted by molar-refractivity contribution is 0.0955. The van der Waals surface area contributed by atoms with Crippen molar-refractivity contribution in [2.24, 2.45) is 5.10 Å². The molecule has 6 nitrogen and oxygen atoms in total. The van der Waals surface area contributed by atoms with Gasteiger partial charge < -0.3 is 14.6 Å². The Balaban J connectivity index is 2.04. The number of halogens is 1. The average Bonchev–Trinajstić information content (AvgIpc) is 2.57. The van der Waals surface area contributed by atoms with Crippen LogP contribution in [0.25, 0.3) is 0 Å². The van der Waals surface area contributed by atoms with Crippen molar-refractivity contribution in [3.05, 3.63) is 52.0 Å². The number of ether oxygens (including phenoxy) is 2. The van der Waals surface area contributed by atoms with Gasteiger partial charge >= 0.3 is 0 Å². The molecule has 2 N–H and O–H groups in total. The number of methoxy groups -OCH3 is 1. The Morgan fingerprint density at radius 1 is 1.29 bits per heavy atom. The second-order valence-corrected chi connectivity index (χ2v) is 5.56. The van der Waals surface area contributed by atoms with E-state index in [-0.39, 0.29) is 11.7 Å². The number of rotatable bonds is 6. The minimum absolute atomic E-state index is 0.0566. The summed E-state index contributed by atoms with van der Waals surface area (Å²) in [5.41, 5.74) is 3.58. The minimum atomic E-state index is -0.349. The Morgan fingerprint density at radius 2 is 2.08 bits per heavy atom. The molecular formula is C17H17BrN2O4. The topological polar surface area (TPSA) is 80.2 Å². The molecule has 24 heavy (non-hydrogen) atoms. The highest BCUT2D eigenvalue weighted by atomic mass is 79.9. The third-order valence-corrected chi connectivity index (χ3v) is 3.70. The van der Waals surface area contributed by atoms with Gasteiger partial charge in [0.2, 0.25) is 0 Å². The first-order valence-corrected chi connectivity index (χ1v) is 7.97. The van der Waals surface area contributed by atoms with Crippen LogP contribution in [0, 0.1) is 0 Å². The van der Waals surface area contributed by atoms with Crippen LogP contribution in [0.3, 0.4) is 0 Å². The number of nitrogens with one attached hydrogen (secondary N) is 1. The molecule has 0 bridgehead atoms. The number of aromatic hydroxyl groups is 1. The summed E-state index contributed by atoms with van der Waals surface area (Å²) in [7, 11) is 1.55. The number of amides is 1. The maximum absolute atomic E-state index is 12.1. The first-order valence-electron chi connectivity index (χ1n) is 7.18. The molecule has 126 valence electrons. The SMILES string of the molecule is CCOc1cc(C=NNC(=O)c2ccc(OC)c(Br)c2)ccc1O. The summed E-state index contributed by atoms with van der Waals surface area (Å²) in [6, 6.07) is 9.79. The second-order valence-electron chi connectivity index (χ2n) is 4.71. The number of phenolic OH excluding ortho intramolecular Hbond substituents is 1. The van der Waals surface area contributed by atoms with Crippen LogP contribution >= 0.6 is 15.9 Å². The highest BCUT2D eigenvalue weighted by molar-refractivity contribution is 9.10. The minimum Gasteiger partial charge on any atom is -0.504 e. The smallest absolute Gasteiger partial charge is 0.271 e. The zero-order chi connectivity index (χ0) is 17.5. The number of hydrogen-bond donors (Lipinski definition) is 2. The van der Waals surface area contributed by atoms with Gasteiger partial charge in [-0.25, -0.2) is 5.43 Å². The molecule has 0 aromatic heterocycles. The fourth-order valence-electron chi connectivity index (χ4n) is 1.92. The number of carbonyl (C=O) groups is 1. The Labute approximate surface area is 148 Å². The van der Waals surface area contributed by atoms with Gasteiger partial charge in [-0.1, -0.05) is 0 Å². The van der Waals surface area contributed by atoms with Gasteiger partial charge in [-0.2, -0.15) is 5.10 Å². The van der Waals surface area contributed by atoms with Crippen molar-refractivity contribution in [3.8, 4) is 17.2 Å². The first-order chi connectivity index (χ1) is 11.5. The largest absolute Gasteiger partial charge is 0.504 e. The van der Waals surface area contributed by atoms with Gasteiger partial charge in [-0.05, 0) is 64.8 Å². The van der Waals surface area contributed by atoms with Gasteiger partial charge in [0.05, 0.1) is 24.4 Å². The van der Waals surface area contributed by atoms with Gasteiger partial charge in [0.15, 0.2) is 11.5 Å². The monoisotopic (exact) mass is 392 g/mol. The Kier molecular flexibility index (Phi) is 6.20. The van der Waals surface area contributed by atoms with Crippen molar-refractivity contribution < 1.29 is 19.4 Å². The fourth-order valence-corrected chi connectivity index (χ4v) is 2.46. The van der Waals surface area contributed by atoms with Crippen LogP contribution in [-0.4, -0.2) is 30.9 Å². The molecule has 0 heterocycles. The predicted molar refractivity (Wildman–Crippen MR) is 95.0 cm³/mol. The van der Waals surface area contributed by atoms with E-state index in [9.17, 15) is 9.90 Å². The molecule has 0 unspecified atom stereocenters. The predicted octanol–water partition coefficient (Wildman–Crippen LogP) is 3.33. The third kappa shape index (κ3) is 4.48. The first kappa shape index (κ1) is 17.8. The van der Waals surface area contributed by atoms with E-state index >= 15 is 0 Å². The van der Waals surface area contributed by atoms with Crippen LogP contribution in [0.15, 0.2) is 46.0 Å². The summed E-state index contributed by atoms with van der Waals surface area (Å²) in [5, 5.41) is 13.6. The number of phenols is 1. The van der Waals surface area contributed by atoms with Crippen LogP contribution in [0.2, 0.25) is 0 Å². The molecule has 0 radical (unpaired) electrons. The molecule has 1 amide bonds. The van der Waals surface area contributed by atoms with Crippen molar-refractivity contribution in [2.45, 2.75) is 6.92 Å². The quantitative estimate of drug-likeness (QED) is 0.583. The van der Waals surface area contributed by atoms with E-state index in [1.54, 1.807) is 37.4 Å². The molecular weight excluding hydrogens is 376 g/mol. The van der Waals surface area contributed by atoms with E-state index in [1.807, 2.05) is 6.92 Å². The van der Waals surface area contributed by atoms with Crippen LogP contribution in [-0.2, 0) is 0 Å². The van der Waals surface area contributed by atoms with E-state index in [0.29, 0.717) is 33.7 Å².